The van der Waals surface area contributed by atoms with Gasteiger partial charge in [-0.15, -0.1) is 0 Å². The summed E-state index contributed by atoms with van der Waals surface area (Å²) in [4.78, 5) is 50.4. The van der Waals surface area contributed by atoms with Crippen LogP contribution in [0.2, 0.25) is 0 Å². The molecule has 0 radical (unpaired) electrons. The maximum atomic E-state index is 12.8. The molecule has 3 aromatic rings. The fraction of sp³-hybridized carbons (Fsp3) is 0.333. The van der Waals surface area contributed by atoms with E-state index in [1.807, 2.05) is 30.3 Å². The molecular formula is C27H30N4O4. The number of aromatic nitrogens is 2. The number of carbonyl (C=O) groups excluding carboxylic acids is 2. The highest BCUT2D eigenvalue weighted by atomic mass is 16.2. The smallest absolute Gasteiger partial charge is 0.331 e. The van der Waals surface area contributed by atoms with E-state index in [0.717, 1.165) is 41.4 Å². The second-order valence-corrected chi connectivity index (χ2v) is 9.02. The van der Waals surface area contributed by atoms with Gasteiger partial charge in [-0.2, -0.15) is 0 Å². The fourth-order valence-electron chi connectivity index (χ4n) is 4.40. The van der Waals surface area contributed by atoms with Crippen molar-refractivity contribution < 1.29 is 9.59 Å². The van der Waals surface area contributed by atoms with Crippen LogP contribution in [0.1, 0.15) is 53.6 Å². The Labute approximate surface area is 203 Å². The molecule has 35 heavy (non-hydrogen) atoms. The monoisotopic (exact) mass is 474 g/mol. The highest BCUT2D eigenvalue weighted by Crippen LogP contribution is 2.20. The van der Waals surface area contributed by atoms with Crippen LogP contribution in [0, 0.1) is 6.92 Å². The first-order chi connectivity index (χ1) is 16.9. The summed E-state index contributed by atoms with van der Waals surface area (Å²) < 4.78 is 2.31. The third kappa shape index (κ3) is 6.15. The third-order valence-electron chi connectivity index (χ3n) is 6.34. The molecule has 1 fully saturated rings. The molecule has 4 rings (SSSR count). The maximum absolute atomic E-state index is 12.8. The van der Waals surface area contributed by atoms with E-state index in [4.69, 9.17) is 0 Å². The van der Waals surface area contributed by atoms with Crippen LogP contribution in [0.5, 0.6) is 0 Å². The minimum absolute atomic E-state index is 0.118. The van der Waals surface area contributed by atoms with Crippen LogP contribution >= 0.6 is 0 Å². The van der Waals surface area contributed by atoms with Crippen molar-refractivity contribution in [2.45, 2.75) is 58.2 Å². The van der Waals surface area contributed by atoms with E-state index in [0.29, 0.717) is 17.8 Å². The van der Waals surface area contributed by atoms with Crippen LogP contribution in [0.25, 0.3) is 0 Å². The molecule has 8 heteroatoms. The van der Waals surface area contributed by atoms with E-state index < -0.39 is 23.7 Å². The Hall–Kier alpha value is -3.94. The molecule has 8 nitrogen and oxygen atoms in total. The van der Waals surface area contributed by atoms with Crippen molar-refractivity contribution in [3.8, 4) is 0 Å². The first-order valence-corrected chi connectivity index (χ1v) is 12.0. The van der Waals surface area contributed by atoms with Gasteiger partial charge < -0.3 is 10.6 Å². The average molecular weight is 475 g/mol. The maximum Gasteiger partial charge on any atom is 0.331 e. The first-order valence-electron chi connectivity index (χ1n) is 12.0. The summed E-state index contributed by atoms with van der Waals surface area (Å²) in [6, 6.07) is 16.0. The number of anilines is 1. The minimum atomic E-state index is -0.553. The molecule has 1 saturated carbocycles. The quantitative estimate of drug-likeness (QED) is 0.549. The zero-order chi connectivity index (χ0) is 24.8. The Balaban J connectivity index is 1.43. The van der Waals surface area contributed by atoms with Gasteiger partial charge in [0.2, 0.25) is 5.91 Å². The number of benzene rings is 2. The average Bonchev–Trinajstić information content (AvgIpc) is 2.86. The van der Waals surface area contributed by atoms with Gasteiger partial charge in [0.05, 0.1) is 6.54 Å². The van der Waals surface area contributed by atoms with Crippen molar-refractivity contribution in [1.29, 1.82) is 0 Å². The fourth-order valence-corrected chi connectivity index (χ4v) is 4.40. The lowest BCUT2D eigenvalue weighted by Crippen LogP contribution is -2.41. The molecule has 0 saturated heterocycles. The van der Waals surface area contributed by atoms with Crippen LogP contribution in [0.15, 0.2) is 70.4 Å². The van der Waals surface area contributed by atoms with E-state index in [2.05, 4.69) is 10.6 Å². The summed E-state index contributed by atoms with van der Waals surface area (Å²) in [6.07, 6.45) is 6.94. The lowest BCUT2D eigenvalue weighted by atomic mass is 9.95. The molecule has 2 N–H and O–H groups in total. The number of rotatable bonds is 7. The topological polar surface area (TPSA) is 102 Å². The van der Waals surface area contributed by atoms with Crippen LogP contribution < -0.4 is 21.9 Å². The van der Waals surface area contributed by atoms with Crippen molar-refractivity contribution in [2.24, 2.45) is 0 Å². The van der Waals surface area contributed by atoms with E-state index in [-0.39, 0.29) is 11.9 Å². The number of aryl methyl sites for hydroxylation is 1. The van der Waals surface area contributed by atoms with Crippen molar-refractivity contribution in [3.63, 3.8) is 0 Å². The molecule has 2 amide bonds. The molecule has 1 aromatic heterocycles. The number of nitrogens with one attached hydrogen (secondary N) is 2. The lowest BCUT2D eigenvalue weighted by Gasteiger charge is -2.23. The Morgan fingerprint density at radius 1 is 0.971 bits per heavy atom. The SMILES string of the molecule is Cc1cc(C(=O)NC2CCCCC2)ccc1NC(=O)Cn1c(=O)ccn(Cc2ccccc2)c1=O. The number of hydrogen-bond donors (Lipinski definition) is 2. The summed E-state index contributed by atoms with van der Waals surface area (Å²) in [5, 5.41) is 5.84. The van der Waals surface area contributed by atoms with Crippen LogP contribution in [0.4, 0.5) is 5.69 Å². The molecule has 0 aliphatic heterocycles. The Morgan fingerprint density at radius 2 is 1.71 bits per heavy atom. The summed E-state index contributed by atoms with van der Waals surface area (Å²) in [5.41, 5.74) is 1.60. The summed E-state index contributed by atoms with van der Waals surface area (Å²) in [6.45, 7) is 1.69. The molecule has 1 aliphatic carbocycles. The lowest BCUT2D eigenvalue weighted by molar-refractivity contribution is -0.116. The van der Waals surface area contributed by atoms with E-state index in [1.165, 1.54) is 23.3 Å². The van der Waals surface area contributed by atoms with Gasteiger partial charge in [-0.25, -0.2) is 4.79 Å². The van der Waals surface area contributed by atoms with Gasteiger partial charge in [0.1, 0.15) is 6.54 Å². The van der Waals surface area contributed by atoms with Gasteiger partial charge in [0.15, 0.2) is 0 Å². The molecule has 2 aromatic carbocycles. The van der Waals surface area contributed by atoms with Gasteiger partial charge in [-0.1, -0.05) is 49.6 Å². The molecule has 182 valence electrons. The second kappa shape index (κ2) is 11.0. The molecule has 0 bridgehead atoms. The number of amides is 2. The molecule has 1 heterocycles. The molecule has 1 aliphatic rings. The molecule has 0 spiro atoms. The van der Waals surface area contributed by atoms with Gasteiger partial charge in [-0.3, -0.25) is 23.5 Å². The first kappa shape index (κ1) is 24.2. The van der Waals surface area contributed by atoms with Gasteiger partial charge >= 0.3 is 5.69 Å². The standard InChI is InChI=1S/C27H30N4O4/c1-19-16-21(26(34)28-22-10-6-3-7-11-22)12-13-23(19)29-24(32)18-31-25(33)14-15-30(27(31)35)17-20-8-4-2-5-9-20/h2,4-5,8-9,12-16,22H,3,6-7,10-11,17-18H2,1H3,(H,28,34)(H,29,32). The third-order valence-corrected chi connectivity index (χ3v) is 6.34. The largest absolute Gasteiger partial charge is 0.349 e. The Morgan fingerprint density at radius 3 is 2.43 bits per heavy atom. The summed E-state index contributed by atoms with van der Waals surface area (Å²) >= 11 is 0. The highest BCUT2D eigenvalue weighted by molar-refractivity contribution is 5.96. The van der Waals surface area contributed by atoms with Crippen LogP contribution in [-0.4, -0.2) is 27.0 Å². The van der Waals surface area contributed by atoms with Gasteiger partial charge in [-0.05, 0) is 49.1 Å². The van der Waals surface area contributed by atoms with Crippen molar-refractivity contribution in [1.82, 2.24) is 14.5 Å². The Bertz CT molecular complexity index is 1320. The minimum Gasteiger partial charge on any atom is -0.349 e. The summed E-state index contributed by atoms with van der Waals surface area (Å²) in [5.74, 6) is -0.614. The van der Waals surface area contributed by atoms with Crippen LogP contribution in [0.3, 0.4) is 0 Å². The van der Waals surface area contributed by atoms with Gasteiger partial charge in [0.25, 0.3) is 11.5 Å². The van der Waals surface area contributed by atoms with Crippen LogP contribution in [-0.2, 0) is 17.9 Å². The second-order valence-electron chi connectivity index (χ2n) is 9.02. The molecule has 0 unspecified atom stereocenters. The zero-order valence-corrected chi connectivity index (χ0v) is 19.8. The van der Waals surface area contributed by atoms with Crippen molar-refractivity contribution in [3.05, 3.63) is 98.3 Å². The van der Waals surface area contributed by atoms with Crippen molar-refractivity contribution >= 4 is 17.5 Å². The van der Waals surface area contributed by atoms with E-state index >= 15 is 0 Å². The van der Waals surface area contributed by atoms with E-state index in [9.17, 15) is 19.2 Å². The summed E-state index contributed by atoms with van der Waals surface area (Å²) in [7, 11) is 0. The molecule has 0 atom stereocenters. The van der Waals surface area contributed by atoms with Crippen molar-refractivity contribution in [2.75, 3.05) is 5.32 Å². The number of carbonyl (C=O) groups is 2. The molecular weight excluding hydrogens is 444 g/mol. The normalized spacial score (nSPS) is 13.9. The highest BCUT2D eigenvalue weighted by Gasteiger charge is 2.18. The van der Waals surface area contributed by atoms with Gasteiger partial charge in [0, 0.05) is 29.6 Å². The van der Waals surface area contributed by atoms with E-state index in [1.54, 1.807) is 25.1 Å². The predicted molar refractivity (Wildman–Crippen MR) is 135 cm³/mol. The predicted octanol–water partition coefficient (Wildman–Crippen LogP) is 3.07. The number of hydrogen-bond acceptors (Lipinski definition) is 4. The number of nitrogens with zero attached hydrogens (tertiary/aromatic N) is 2. The Kier molecular flexibility index (Phi) is 7.60. The zero-order valence-electron chi connectivity index (χ0n) is 19.8.